The van der Waals surface area contributed by atoms with Gasteiger partial charge in [-0.15, -0.1) is 0 Å². The highest BCUT2D eigenvalue weighted by atomic mass is 16.5. The van der Waals surface area contributed by atoms with Gasteiger partial charge in [-0.2, -0.15) is 0 Å². The second-order valence-corrected chi connectivity index (χ2v) is 5.60. The van der Waals surface area contributed by atoms with Crippen LogP contribution >= 0.6 is 0 Å². The van der Waals surface area contributed by atoms with Crippen LogP contribution in [0.1, 0.15) is 26.3 Å². The molecule has 2 rings (SSSR count). The van der Waals surface area contributed by atoms with Crippen molar-refractivity contribution in [3.8, 4) is 0 Å². The summed E-state index contributed by atoms with van der Waals surface area (Å²) in [6.07, 6.45) is 5.34. The number of ether oxygens (including phenoxy) is 1. The molecule has 0 amide bonds. The van der Waals surface area contributed by atoms with E-state index >= 15 is 0 Å². The van der Waals surface area contributed by atoms with Gasteiger partial charge in [0.2, 0.25) is 0 Å². The van der Waals surface area contributed by atoms with E-state index in [4.69, 9.17) is 0 Å². The molecule has 1 aliphatic heterocycles. The van der Waals surface area contributed by atoms with E-state index in [1.165, 1.54) is 5.56 Å². The van der Waals surface area contributed by atoms with E-state index in [1.807, 2.05) is 33.2 Å². The molecule has 6 heteroatoms. The maximum Gasteiger partial charge on any atom is 0.293 e. The Kier molecular flexibility index (Phi) is 7.11. The molecule has 0 aromatic carbocycles. The summed E-state index contributed by atoms with van der Waals surface area (Å²) < 4.78 is 4.55. The minimum atomic E-state index is -0.318. The molecule has 6 nitrogen and oxygen atoms in total. The Balaban J connectivity index is 0.000000246. The second-order valence-electron chi connectivity index (χ2n) is 5.60. The van der Waals surface area contributed by atoms with Gasteiger partial charge in [0.05, 0.1) is 0 Å². The van der Waals surface area contributed by atoms with Crippen molar-refractivity contribution in [2.45, 2.75) is 32.9 Å². The molecule has 1 saturated heterocycles. The fraction of sp³-hybridized carbons (Fsp3) is 0.643. The van der Waals surface area contributed by atoms with Crippen molar-refractivity contribution >= 4 is 6.47 Å². The van der Waals surface area contributed by atoms with Gasteiger partial charge in [-0.1, -0.05) is 0 Å². The predicted molar refractivity (Wildman–Crippen MR) is 77.1 cm³/mol. The van der Waals surface area contributed by atoms with Crippen molar-refractivity contribution in [2.24, 2.45) is 0 Å². The normalized spacial score (nSPS) is 15.9. The Morgan fingerprint density at radius 3 is 2.35 bits per heavy atom. The molecule has 112 valence electrons. The molecule has 20 heavy (non-hydrogen) atoms. The second kappa shape index (κ2) is 8.60. The maximum absolute atomic E-state index is 9.60. The lowest BCUT2D eigenvalue weighted by Gasteiger charge is -2.26. The van der Waals surface area contributed by atoms with E-state index in [0.29, 0.717) is 6.47 Å². The van der Waals surface area contributed by atoms with Gasteiger partial charge in [0.25, 0.3) is 6.47 Å². The van der Waals surface area contributed by atoms with Crippen LogP contribution in [0.4, 0.5) is 0 Å². The van der Waals surface area contributed by atoms with Crippen molar-refractivity contribution in [3.05, 3.63) is 24.3 Å². The molecule has 0 spiro atoms. The lowest BCUT2D eigenvalue weighted by Crippen LogP contribution is -2.42. The third-order valence-corrected chi connectivity index (χ3v) is 2.63. The Morgan fingerprint density at radius 2 is 1.90 bits per heavy atom. The number of nitrogens with one attached hydrogen (secondary N) is 1. The van der Waals surface area contributed by atoms with Gasteiger partial charge in [-0.05, 0) is 20.8 Å². The summed E-state index contributed by atoms with van der Waals surface area (Å²) in [5.41, 5.74) is 0.881. The van der Waals surface area contributed by atoms with Gasteiger partial charge in [0.1, 0.15) is 11.9 Å². The van der Waals surface area contributed by atoms with Crippen molar-refractivity contribution in [3.63, 3.8) is 0 Å². The molecule has 0 aliphatic carbocycles. The molecule has 0 saturated carbocycles. The van der Waals surface area contributed by atoms with E-state index in [1.54, 1.807) is 6.33 Å². The zero-order valence-electron chi connectivity index (χ0n) is 12.5. The van der Waals surface area contributed by atoms with Crippen LogP contribution in [0.2, 0.25) is 0 Å². The average Bonchev–Trinajstić information content (AvgIpc) is 2.40. The lowest BCUT2D eigenvalue weighted by molar-refractivity contribution is -0.138. The number of nitrogens with zero attached hydrogens (tertiary/aromatic N) is 3. The fourth-order valence-electron chi connectivity index (χ4n) is 1.68. The van der Waals surface area contributed by atoms with Crippen LogP contribution in [0.3, 0.4) is 0 Å². The van der Waals surface area contributed by atoms with Crippen LogP contribution in [0.5, 0.6) is 0 Å². The molecule has 0 radical (unpaired) electrons. The van der Waals surface area contributed by atoms with Crippen molar-refractivity contribution < 1.29 is 9.53 Å². The minimum absolute atomic E-state index is 0.318. The third-order valence-electron chi connectivity index (χ3n) is 2.63. The molecule has 1 N–H and O–H groups in total. The molecule has 0 bridgehead atoms. The molecule has 1 fully saturated rings. The molecular formula is C14H24N4O2. The number of carbonyl (C=O) groups excluding carboxylic acids is 1. The van der Waals surface area contributed by atoms with Crippen LogP contribution in [0.15, 0.2) is 18.7 Å². The van der Waals surface area contributed by atoms with Crippen LogP contribution in [0, 0.1) is 0 Å². The van der Waals surface area contributed by atoms with Crippen LogP contribution < -0.4 is 5.32 Å². The van der Waals surface area contributed by atoms with Crippen LogP contribution in [0.25, 0.3) is 0 Å². The third kappa shape index (κ3) is 7.81. The van der Waals surface area contributed by atoms with E-state index in [-0.39, 0.29) is 5.60 Å². The van der Waals surface area contributed by atoms with Gasteiger partial charge < -0.3 is 10.1 Å². The average molecular weight is 280 g/mol. The first-order chi connectivity index (χ1) is 9.51. The van der Waals surface area contributed by atoms with Gasteiger partial charge in [-0.25, -0.2) is 9.97 Å². The highest BCUT2D eigenvalue weighted by molar-refractivity contribution is 5.37. The number of hydrogen-bond donors (Lipinski definition) is 1. The van der Waals surface area contributed by atoms with Crippen molar-refractivity contribution in [1.29, 1.82) is 0 Å². The molecule has 2 heterocycles. The zero-order chi connectivity index (χ0) is 14.8. The molecule has 0 unspecified atom stereocenters. The van der Waals surface area contributed by atoms with Gasteiger partial charge in [0.15, 0.2) is 0 Å². The Hall–Kier alpha value is -1.53. The molecule has 0 atom stereocenters. The van der Waals surface area contributed by atoms with E-state index in [9.17, 15) is 4.79 Å². The van der Waals surface area contributed by atoms with E-state index in [2.05, 4.69) is 24.9 Å². The van der Waals surface area contributed by atoms with Crippen LogP contribution in [-0.2, 0) is 16.1 Å². The van der Waals surface area contributed by atoms with E-state index in [0.717, 1.165) is 32.7 Å². The maximum atomic E-state index is 9.60. The number of carbonyl (C=O) groups is 1. The van der Waals surface area contributed by atoms with Crippen LogP contribution in [-0.4, -0.2) is 53.1 Å². The van der Waals surface area contributed by atoms with Gasteiger partial charge in [-0.3, -0.25) is 9.69 Å². The fourth-order valence-corrected chi connectivity index (χ4v) is 1.68. The summed E-state index contributed by atoms with van der Waals surface area (Å²) in [7, 11) is 0. The first kappa shape index (κ1) is 16.5. The van der Waals surface area contributed by atoms with Gasteiger partial charge >= 0.3 is 0 Å². The quantitative estimate of drug-likeness (QED) is 0.828. The Morgan fingerprint density at radius 1 is 1.30 bits per heavy atom. The van der Waals surface area contributed by atoms with Crippen molar-refractivity contribution in [1.82, 2.24) is 20.2 Å². The number of rotatable bonds is 3. The number of piperazine rings is 1. The summed E-state index contributed by atoms with van der Waals surface area (Å²) in [5, 5.41) is 3.33. The molecule has 1 aromatic heterocycles. The summed E-state index contributed by atoms with van der Waals surface area (Å²) in [6, 6.07) is 0. The molecule has 1 aromatic rings. The molecular weight excluding hydrogens is 256 g/mol. The SMILES string of the molecule is CC(C)(C)OC=O.c1ncc(CN2CCNCC2)cn1. The first-order valence-electron chi connectivity index (χ1n) is 6.80. The van der Waals surface area contributed by atoms with E-state index < -0.39 is 0 Å². The first-order valence-corrected chi connectivity index (χ1v) is 6.80. The van der Waals surface area contributed by atoms with Crippen molar-refractivity contribution in [2.75, 3.05) is 26.2 Å². The monoisotopic (exact) mass is 280 g/mol. The summed E-state index contributed by atoms with van der Waals surface area (Å²) in [6.45, 7) is 11.3. The Bertz CT molecular complexity index is 373. The highest BCUT2D eigenvalue weighted by Crippen LogP contribution is 2.03. The number of aromatic nitrogens is 2. The predicted octanol–water partition coefficient (Wildman–Crippen LogP) is 0.840. The zero-order valence-corrected chi connectivity index (χ0v) is 12.5. The topological polar surface area (TPSA) is 67.3 Å². The Labute approximate surface area is 120 Å². The summed E-state index contributed by atoms with van der Waals surface area (Å²) in [4.78, 5) is 20.0. The summed E-state index contributed by atoms with van der Waals surface area (Å²) in [5.74, 6) is 0. The smallest absolute Gasteiger partial charge is 0.293 e. The van der Waals surface area contributed by atoms with Gasteiger partial charge in [0, 0.05) is 50.7 Å². The minimum Gasteiger partial charge on any atom is -0.462 e. The number of hydrogen-bond acceptors (Lipinski definition) is 6. The highest BCUT2D eigenvalue weighted by Gasteiger charge is 2.09. The lowest BCUT2D eigenvalue weighted by atomic mass is 10.2. The standard InChI is InChI=1S/C9H14N4.C5H10O2/c1-3-13(4-2-10-1)7-9-5-11-8-12-6-9;1-5(2,3)7-4-6/h5-6,8,10H,1-4,7H2;4H,1-3H3. The molecule has 1 aliphatic rings. The summed E-state index contributed by atoms with van der Waals surface area (Å²) >= 11 is 0. The largest absolute Gasteiger partial charge is 0.462 e.